The van der Waals surface area contributed by atoms with Gasteiger partial charge in [0.05, 0.1) is 121 Å². The summed E-state index contributed by atoms with van der Waals surface area (Å²) in [6.45, 7) is 20.8. The van der Waals surface area contributed by atoms with Crippen molar-refractivity contribution in [1.29, 1.82) is 0 Å². The van der Waals surface area contributed by atoms with Gasteiger partial charge >= 0.3 is 30.8 Å². The average Bonchev–Trinajstić information content (AvgIpc) is 1.44. The lowest BCUT2D eigenvalue weighted by Gasteiger charge is -2.33. The van der Waals surface area contributed by atoms with Crippen LogP contribution in [0, 0.1) is 5.82 Å². The van der Waals surface area contributed by atoms with Gasteiger partial charge in [-0.05, 0) is 241 Å². The average molecular weight is 2160 g/mol. The summed E-state index contributed by atoms with van der Waals surface area (Å²) >= 11 is 43.3. The quantitative estimate of drug-likeness (QED) is 0.0397. The van der Waals surface area contributed by atoms with Gasteiger partial charge in [-0.2, -0.15) is 53.0 Å². The number of sulfonamides is 5. The van der Waals surface area contributed by atoms with Crippen LogP contribution in [0.5, 0.6) is 0 Å². The molecule has 3 unspecified atom stereocenters. The summed E-state index contributed by atoms with van der Waals surface area (Å²) in [4.78, 5) is 81.2. The van der Waals surface area contributed by atoms with E-state index in [1.165, 1.54) is 12.1 Å². The van der Waals surface area contributed by atoms with E-state index < -0.39 is 66.7 Å². The van der Waals surface area contributed by atoms with Gasteiger partial charge in [-0.25, -0.2) is 46.5 Å². The van der Waals surface area contributed by atoms with Crippen LogP contribution in [0.3, 0.4) is 0 Å². The Bertz CT molecular complexity index is 7550. The second kappa shape index (κ2) is 50.2. The van der Waals surface area contributed by atoms with Gasteiger partial charge in [-0.1, -0.05) is 175 Å². The third kappa shape index (κ3) is 30.7. The third-order valence-electron chi connectivity index (χ3n) is 22.5. The number of nitrogens with zero attached hydrogens (tertiary/aromatic N) is 6. The normalized spacial score (nSPS) is 12.5. The molecule has 0 aliphatic heterocycles. The Morgan fingerprint density at radius 2 is 0.553 bits per heavy atom. The predicted octanol–water partition coefficient (Wildman–Crippen LogP) is 21.3. The first kappa shape index (κ1) is 117. The van der Waals surface area contributed by atoms with Crippen molar-refractivity contribution in [2.45, 2.75) is 116 Å². The van der Waals surface area contributed by atoms with E-state index in [-0.39, 0.29) is 47.7 Å². The van der Waals surface area contributed by atoms with Gasteiger partial charge in [0.15, 0.2) is 0 Å². The molecule has 0 amide bonds. The number of halogens is 8. The summed E-state index contributed by atoms with van der Waals surface area (Å²) in [6, 6.07) is 66.1. The Balaban J connectivity index is 0.000000260. The summed E-state index contributed by atoms with van der Waals surface area (Å²) in [5, 5.41) is 12.8. The van der Waals surface area contributed by atoms with E-state index in [0.717, 1.165) is 126 Å². The van der Waals surface area contributed by atoms with Gasteiger partial charge in [0.2, 0.25) is 50.1 Å². The number of hydrogen-bond donors (Lipinski definition) is 5. The maximum absolute atomic E-state index is 13.5. The number of aromatic nitrogens is 6. The van der Waals surface area contributed by atoms with Crippen molar-refractivity contribution in [3.63, 3.8) is 0 Å². The minimum Gasteiger partial charge on any atom is -0.338 e. The van der Waals surface area contributed by atoms with Crippen molar-refractivity contribution >= 4 is 245 Å². The first-order chi connectivity index (χ1) is 65.9. The maximum atomic E-state index is 13.5. The van der Waals surface area contributed by atoms with Crippen LogP contribution in [0.15, 0.2) is 249 Å². The Kier molecular flexibility index (Phi) is 41.7. The number of hydrogen-bond acceptors (Lipinski definition) is 21. The summed E-state index contributed by atoms with van der Waals surface area (Å²) in [6.07, 6.45) is 18.8. The number of benzene rings is 10. The molecule has 44 heteroatoms. The van der Waals surface area contributed by atoms with Crippen LogP contribution in [0.2, 0.25) is 35.2 Å². The van der Waals surface area contributed by atoms with Crippen LogP contribution in [0.25, 0.3) is 54.5 Å². The molecule has 141 heavy (non-hydrogen) atoms. The topological polar surface area (TPSA) is 439 Å². The number of rotatable bonds is 23. The molecule has 0 aliphatic rings. The molecule has 10 aromatic carbocycles. The fourth-order valence-corrected chi connectivity index (χ4v) is 20.4. The van der Waals surface area contributed by atoms with Gasteiger partial charge in [0.1, 0.15) is 5.82 Å². The predicted molar refractivity (Wildman–Crippen MR) is 548 cm³/mol. The van der Waals surface area contributed by atoms with Gasteiger partial charge in [-0.3, -0.25) is 28.3 Å². The smallest absolute Gasteiger partial charge is 0.338 e. The van der Waals surface area contributed by atoms with E-state index in [1.54, 1.807) is 60.8 Å². The molecule has 0 aliphatic carbocycles. The molecule has 5 heterocycles. The van der Waals surface area contributed by atoms with E-state index in [0.29, 0.717) is 70.0 Å². The standard InChI is InChI=1S/C19H20Cl2N2O2S.C19H20ClFN2O2S.C18H18Cl2N2O2S.C18H20ClN3O2S.C18H19ClN2O2S.5CO2/c1-4-19(2,15-9-8-13(20)12-16(15)21)23-11-10-14-17(22-26(3,24)25)6-5-7-18(14)23;1-4-19(2,15-9-8-13(21)12-16(15)20)23-11-10-14-17(22-26(3,24)25)6-5-7-18(14)23;1-18(2,14-8-7-12(19)11-15(14)20)22-10-9-13-16(21-25(3,23)24)5-4-6-17(13)22;1-4-18(2,13-8-10-14(19)11-9-13)22-17-7-5-6-16(15(17)12-20-22)21-25(3,23)24;1-18(2,13-7-9-14(19)10-8-13)21-12-11-15-16(20-24(3,22)23)5-4-6-17(15)21;5*2-1-3/h2*5-12,22H,4H2,1-3H3;4-11,21H,1-3H3;5-12,21H,4H2,1-3H3;4-12,20H,1-3H3;;;;;. The lowest BCUT2D eigenvalue weighted by molar-refractivity contribution is -0.193. The van der Waals surface area contributed by atoms with Crippen molar-refractivity contribution in [1.82, 2.24) is 28.0 Å². The highest BCUT2D eigenvalue weighted by Crippen LogP contribution is 2.45. The Labute approximate surface area is 849 Å². The fourth-order valence-electron chi connectivity index (χ4n) is 15.6. The highest BCUT2D eigenvalue weighted by molar-refractivity contribution is 7.93. The fraction of sp³-hybridized carbons (Fsp3) is 0.237. The van der Waals surface area contributed by atoms with Gasteiger partial charge in [-0.15, -0.1) is 0 Å². The van der Waals surface area contributed by atoms with Crippen molar-refractivity contribution in [2.24, 2.45) is 0 Å². The summed E-state index contributed by atoms with van der Waals surface area (Å²) in [5.74, 6) is -0.380. The van der Waals surface area contributed by atoms with E-state index in [9.17, 15) is 46.5 Å². The third-order valence-corrected chi connectivity index (χ3v) is 27.3. The lowest BCUT2D eigenvalue weighted by atomic mass is 9.88. The SMILES string of the molecule is CC(C)(c1ccc(Cl)cc1)n1ccc2c(NS(C)(=O)=O)cccc21.CC(C)(c1ccc(Cl)cc1Cl)n1ccc2c(NS(C)(=O)=O)cccc21.CCC(C)(c1ccc(Cl)cc1)n1ncc2c(NS(C)(=O)=O)cccc21.CCC(C)(c1ccc(Cl)cc1Cl)n1ccc2c(NS(C)(=O)=O)cccc21.CCC(C)(c1ccc(F)cc1Cl)n1ccc2c(NS(C)(=O)=O)cccc21.O=C=O.O=C=O.O=C=O.O=C=O.O=C=O. The van der Waals surface area contributed by atoms with Crippen LogP contribution in [0.4, 0.5) is 32.8 Å². The molecule has 3 atom stereocenters. The summed E-state index contributed by atoms with van der Waals surface area (Å²) in [5.41, 5.74) is 10.1. The molecule has 0 spiro atoms. The minimum absolute atomic E-state index is 0.250. The van der Waals surface area contributed by atoms with Gasteiger partial charge in [0.25, 0.3) is 0 Å². The molecule has 0 fully saturated rings. The molecule has 5 N–H and O–H groups in total. The Hall–Kier alpha value is -12.6. The number of nitrogens with one attached hydrogen (secondary N) is 5. The molecule has 5 aromatic heterocycles. The summed E-state index contributed by atoms with van der Waals surface area (Å²) in [7, 11) is -16.8. The molecule has 31 nitrogen and oxygen atoms in total. The second-order valence-electron chi connectivity index (χ2n) is 32.7. The van der Waals surface area contributed by atoms with Gasteiger partial charge < -0.3 is 18.3 Å². The molecular formula is C97H97Cl7FN11O20S5. The zero-order valence-corrected chi connectivity index (χ0v) is 87.6. The van der Waals surface area contributed by atoms with E-state index in [1.807, 2.05) is 195 Å². The largest absolute Gasteiger partial charge is 0.373 e. The molecule has 0 bridgehead atoms. The van der Waals surface area contributed by atoms with Crippen molar-refractivity contribution in [3.8, 4) is 0 Å². The number of carbonyl (C=O) groups excluding carboxylic acids is 10. The maximum Gasteiger partial charge on any atom is 0.373 e. The number of anilines is 5. The number of fused-ring (bicyclic) bond motifs is 5. The van der Waals surface area contributed by atoms with Crippen molar-refractivity contribution in [3.05, 3.63) is 318 Å². The Morgan fingerprint density at radius 3 is 0.851 bits per heavy atom. The zero-order valence-electron chi connectivity index (χ0n) is 78.2. The van der Waals surface area contributed by atoms with E-state index in [2.05, 4.69) is 102 Å². The van der Waals surface area contributed by atoms with Gasteiger partial charge in [0, 0.05) is 86.9 Å². The lowest BCUT2D eigenvalue weighted by Crippen LogP contribution is -2.31. The van der Waals surface area contributed by atoms with Crippen LogP contribution < -0.4 is 23.6 Å². The second-order valence-corrected chi connectivity index (χ2v) is 44.4. The molecule has 0 radical (unpaired) electrons. The molecule has 746 valence electrons. The highest BCUT2D eigenvalue weighted by atomic mass is 35.5. The van der Waals surface area contributed by atoms with Crippen LogP contribution >= 0.6 is 81.2 Å². The van der Waals surface area contributed by atoms with Crippen LogP contribution in [-0.2, 0) is 126 Å². The molecular weight excluding hydrogens is 2070 g/mol. The van der Waals surface area contributed by atoms with Crippen LogP contribution in [0.1, 0.15) is 116 Å². The minimum atomic E-state index is -3.39. The highest BCUT2D eigenvalue weighted by Gasteiger charge is 2.35. The van der Waals surface area contributed by atoms with Crippen molar-refractivity contribution in [2.75, 3.05) is 54.9 Å². The first-order valence-corrected chi connectivity index (χ1v) is 53.6. The molecule has 15 aromatic rings. The molecule has 15 rings (SSSR count). The molecule has 0 saturated heterocycles. The van der Waals surface area contributed by atoms with Crippen molar-refractivity contribution < 1.29 is 94.4 Å². The zero-order chi connectivity index (χ0) is 106. The monoisotopic (exact) mass is 2160 g/mol. The molecule has 0 saturated carbocycles. The van der Waals surface area contributed by atoms with E-state index >= 15 is 0 Å². The van der Waals surface area contributed by atoms with E-state index in [4.69, 9.17) is 129 Å². The van der Waals surface area contributed by atoms with Crippen LogP contribution in [-0.4, -0.2) is 132 Å². The summed E-state index contributed by atoms with van der Waals surface area (Å²) < 4.78 is 153. The Morgan fingerprint density at radius 1 is 0.298 bits per heavy atom. The first-order valence-electron chi connectivity index (χ1n) is 41.5.